The monoisotopic (exact) mass is 334 g/mol. The highest BCUT2D eigenvalue weighted by molar-refractivity contribution is 6.01. The van der Waals surface area contributed by atoms with Gasteiger partial charge in [-0.25, -0.2) is 0 Å². The average molecular weight is 334 g/mol. The second-order valence-corrected chi connectivity index (χ2v) is 4.57. The number of hydrogen-bond donors (Lipinski definition) is 1. The van der Waals surface area contributed by atoms with Gasteiger partial charge in [-0.1, -0.05) is 0 Å². The van der Waals surface area contributed by atoms with Crippen LogP contribution in [0.2, 0.25) is 0 Å². The fraction of sp³-hybridized carbons (Fsp3) is 0.0625. The largest absolute Gasteiger partial charge is 0.435 e. The van der Waals surface area contributed by atoms with Crippen LogP contribution in [0.3, 0.4) is 0 Å². The molecule has 6 nitrogen and oxygen atoms in total. The van der Waals surface area contributed by atoms with Crippen LogP contribution in [-0.4, -0.2) is 17.4 Å². The fourth-order valence-electron chi connectivity index (χ4n) is 1.78. The number of ether oxygens (including phenoxy) is 1. The minimum atomic E-state index is -2.91. The van der Waals surface area contributed by atoms with Crippen molar-refractivity contribution in [3.8, 4) is 5.75 Å². The van der Waals surface area contributed by atoms with Crippen molar-refractivity contribution in [3.63, 3.8) is 0 Å². The van der Waals surface area contributed by atoms with Crippen molar-refractivity contribution in [1.82, 2.24) is 0 Å². The van der Waals surface area contributed by atoms with Crippen LogP contribution in [0, 0.1) is 10.1 Å². The SMILES string of the molecule is O=C(/C=C/c1ccc([N+](=O)[O-])cc1)Nc1ccc(OC(F)F)cc1. The summed E-state index contributed by atoms with van der Waals surface area (Å²) in [4.78, 5) is 21.8. The number of nitro groups is 1. The van der Waals surface area contributed by atoms with Gasteiger partial charge in [0.05, 0.1) is 4.92 Å². The summed E-state index contributed by atoms with van der Waals surface area (Å²) >= 11 is 0. The zero-order valence-electron chi connectivity index (χ0n) is 12.2. The molecule has 0 bridgehead atoms. The Morgan fingerprint density at radius 2 is 1.75 bits per heavy atom. The van der Waals surface area contributed by atoms with E-state index in [-0.39, 0.29) is 11.4 Å². The molecule has 0 aliphatic rings. The van der Waals surface area contributed by atoms with E-state index in [1.807, 2.05) is 0 Å². The van der Waals surface area contributed by atoms with E-state index in [2.05, 4.69) is 10.1 Å². The molecule has 0 heterocycles. The van der Waals surface area contributed by atoms with Gasteiger partial charge >= 0.3 is 6.61 Å². The lowest BCUT2D eigenvalue weighted by molar-refractivity contribution is -0.384. The van der Waals surface area contributed by atoms with Gasteiger partial charge in [0.2, 0.25) is 5.91 Å². The first-order chi connectivity index (χ1) is 11.4. The maximum atomic E-state index is 12.0. The van der Waals surface area contributed by atoms with E-state index in [0.717, 1.165) is 0 Å². The van der Waals surface area contributed by atoms with E-state index >= 15 is 0 Å². The van der Waals surface area contributed by atoms with Crippen molar-refractivity contribution < 1.29 is 23.2 Å². The highest BCUT2D eigenvalue weighted by atomic mass is 19.3. The topological polar surface area (TPSA) is 81.5 Å². The van der Waals surface area contributed by atoms with Crippen LogP contribution in [0.25, 0.3) is 6.08 Å². The van der Waals surface area contributed by atoms with Crippen molar-refractivity contribution in [1.29, 1.82) is 0 Å². The molecule has 1 N–H and O–H groups in total. The fourth-order valence-corrected chi connectivity index (χ4v) is 1.78. The number of benzene rings is 2. The predicted octanol–water partition coefficient (Wildman–Crippen LogP) is 3.85. The lowest BCUT2D eigenvalue weighted by Crippen LogP contribution is -2.08. The number of amides is 1. The second-order valence-electron chi connectivity index (χ2n) is 4.57. The number of non-ortho nitro benzene ring substituents is 1. The lowest BCUT2D eigenvalue weighted by Gasteiger charge is -2.06. The molecule has 24 heavy (non-hydrogen) atoms. The average Bonchev–Trinajstić information content (AvgIpc) is 2.54. The molecule has 0 saturated carbocycles. The lowest BCUT2D eigenvalue weighted by atomic mass is 10.2. The molecule has 0 unspecified atom stereocenters. The normalized spacial score (nSPS) is 10.8. The number of carbonyl (C=O) groups is 1. The van der Waals surface area contributed by atoms with E-state index in [1.165, 1.54) is 60.7 Å². The third kappa shape index (κ3) is 5.16. The number of hydrogen-bond acceptors (Lipinski definition) is 4. The Balaban J connectivity index is 1.93. The van der Waals surface area contributed by atoms with Crippen molar-refractivity contribution in [2.75, 3.05) is 5.32 Å². The summed E-state index contributed by atoms with van der Waals surface area (Å²) < 4.78 is 28.2. The summed E-state index contributed by atoms with van der Waals surface area (Å²) in [5.74, 6) is -0.444. The number of rotatable bonds is 6. The molecule has 1 amide bonds. The highest BCUT2D eigenvalue weighted by Crippen LogP contribution is 2.18. The summed E-state index contributed by atoms with van der Waals surface area (Å²) in [5.41, 5.74) is 0.995. The van der Waals surface area contributed by atoms with E-state index in [0.29, 0.717) is 11.3 Å². The van der Waals surface area contributed by atoms with Gasteiger partial charge in [-0.3, -0.25) is 14.9 Å². The smallest absolute Gasteiger partial charge is 0.387 e. The van der Waals surface area contributed by atoms with Crippen molar-refractivity contribution in [3.05, 3.63) is 70.3 Å². The van der Waals surface area contributed by atoms with Crippen LogP contribution >= 0.6 is 0 Å². The molecule has 124 valence electrons. The Bertz CT molecular complexity index is 744. The van der Waals surface area contributed by atoms with Crippen LogP contribution in [-0.2, 0) is 4.79 Å². The third-order valence-electron chi connectivity index (χ3n) is 2.88. The van der Waals surface area contributed by atoms with Crippen LogP contribution in [0.4, 0.5) is 20.2 Å². The molecule has 0 aromatic heterocycles. The minimum absolute atomic E-state index is 0.00980. The number of halogens is 2. The van der Waals surface area contributed by atoms with Crippen LogP contribution < -0.4 is 10.1 Å². The number of nitrogens with one attached hydrogen (secondary N) is 1. The number of nitrogens with zero attached hydrogens (tertiary/aromatic N) is 1. The summed E-state index contributed by atoms with van der Waals surface area (Å²) in [6, 6.07) is 11.2. The maximum Gasteiger partial charge on any atom is 0.387 e. The molecule has 2 aromatic rings. The molecular formula is C16H12F2N2O4. The Morgan fingerprint density at radius 1 is 1.12 bits per heavy atom. The van der Waals surface area contributed by atoms with Gasteiger partial charge in [0.25, 0.3) is 5.69 Å². The first-order valence-corrected chi connectivity index (χ1v) is 6.72. The molecule has 0 fully saturated rings. The van der Waals surface area contributed by atoms with Gasteiger partial charge in [-0.15, -0.1) is 0 Å². The van der Waals surface area contributed by atoms with Gasteiger partial charge in [0, 0.05) is 23.9 Å². The molecule has 8 heteroatoms. The molecule has 2 rings (SSSR count). The standard InChI is InChI=1S/C16H12F2N2O4/c17-16(18)24-14-8-4-12(5-9-14)19-15(21)10-3-11-1-6-13(7-2-11)20(22)23/h1-10,16H,(H,19,21)/b10-3+. The minimum Gasteiger partial charge on any atom is -0.435 e. The van der Waals surface area contributed by atoms with E-state index in [1.54, 1.807) is 0 Å². The van der Waals surface area contributed by atoms with E-state index in [9.17, 15) is 23.7 Å². The summed E-state index contributed by atoms with van der Waals surface area (Å²) in [6.45, 7) is -2.91. The Labute approximate surface area is 135 Å². The summed E-state index contributed by atoms with van der Waals surface area (Å²) in [6.07, 6.45) is 2.75. The van der Waals surface area contributed by atoms with Gasteiger partial charge in [-0.2, -0.15) is 8.78 Å². The third-order valence-corrected chi connectivity index (χ3v) is 2.88. The number of nitro benzene ring substituents is 1. The van der Waals surface area contributed by atoms with Gasteiger partial charge in [0.1, 0.15) is 5.75 Å². The van der Waals surface area contributed by atoms with E-state index in [4.69, 9.17) is 0 Å². The zero-order chi connectivity index (χ0) is 17.5. The molecular weight excluding hydrogens is 322 g/mol. The van der Waals surface area contributed by atoms with Crippen molar-refractivity contribution >= 4 is 23.4 Å². The van der Waals surface area contributed by atoms with E-state index < -0.39 is 17.4 Å². The van der Waals surface area contributed by atoms with Gasteiger partial charge < -0.3 is 10.1 Å². The van der Waals surface area contributed by atoms with Crippen molar-refractivity contribution in [2.24, 2.45) is 0 Å². The van der Waals surface area contributed by atoms with Crippen LogP contribution in [0.1, 0.15) is 5.56 Å². The number of alkyl halides is 2. The van der Waals surface area contributed by atoms with Gasteiger partial charge in [0.15, 0.2) is 0 Å². The quantitative estimate of drug-likeness (QED) is 0.494. The van der Waals surface area contributed by atoms with Crippen molar-refractivity contribution in [2.45, 2.75) is 6.61 Å². The summed E-state index contributed by atoms with van der Waals surface area (Å²) in [5, 5.41) is 13.1. The van der Waals surface area contributed by atoms with Gasteiger partial charge in [-0.05, 0) is 48.0 Å². The Hall–Kier alpha value is -3.29. The number of anilines is 1. The number of carbonyl (C=O) groups excluding carboxylic acids is 1. The molecule has 2 aromatic carbocycles. The molecule has 0 aliphatic carbocycles. The first kappa shape index (κ1) is 17.1. The highest BCUT2D eigenvalue weighted by Gasteiger charge is 2.05. The maximum absolute atomic E-state index is 12.0. The molecule has 0 spiro atoms. The van der Waals surface area contributed by atoms with Crippen LogP contribution in [0.5, 0.6) is 5.75 Å². The Kier molecular flexibility index (Phi) is 5.56. The molecule has 0 aliphatic heterocycles. The molecule has 0 radical (unpaired) electrons. The Morgan fingerprint density at radius 3 is 2.29 bits per heavy atom. The predicted molar refractivity (Wildman–Crippen MR) is 83.8 cm³/mol. The zero-order valence-corrected chi connectivity index (χ0v) is 12.2. The molecule has 0 saturated heterocycles. The molecule has 0 atom stereocenters. The van der Waals surface area contributed by atoms with Crippen LogP contribution in [0.15, 0.2) is 54.6 Å². The summed E-state index contributed by atoms with van der Waals surface area (Å²) in [7, 11) is 0. The first-order valence-electron chi connectivity index (χ1n) is 6.72. The second kappa shape index (κ2) is 7.82.